The van der Waals surface area contributed by atoms with Crippen molar-refractivity contribution in [1.29, 1.82) is 0 Å². The number of imidazole rings is 1. The van der Waals surface area contributed by atoms with Crippen LogP contribution in [-0.4, -0.2) is 9.97 Å². The SMILES string of the molecule is Cc1ccc(C(C)NCc2ncc[nH]2)c(C)c1. The zero-order valence-electron chi connectivity index (χ0n) is 10.6. The number of hydrogen-bond acceptors (Lipinski definition) is 2. The fraction of sp³-hybridized carbons (Fsp3) is 0.357. The first-order chi connectivity index (χ1) is 8.16. The van der Waals surface area contributed by atoms with Gasteiger partial charge in [-0.2, -0.15) is 0 Å². The van der Waals surface area contributed by atoms with Gasteiger partial charge in [0.05, 0.1) is 6.54 Å². The summed E-state index contributed by atoms with van der Waals surface area (Å²) >= 11 is 0. The van der Waals surface area contributed by atoms with Crippen molar-refractivity contribution in [2.75, 3.05) is 0 Å². The zero-order chi connectivity index (χ0) is 12.3. The van der Waals surface area contributed by atoms with Gasteiger partial charge in [0.15, 0.2) is 0 Å². The van der Waals surface area contributed by atoms with Gasteiger partial charge in [0.1, 0.15) is 5.82 Å². The molecule has 1 atom stereocenters. The quantitative estimate of drug-likeness (QED) is 0.846. The predicted octanol–water partition coefficient (Wildman–Crippen LogP) is 2.88. The molecule has 1 aromatic heterocycles. The van der Waals surface area contributed by atoms with E-state index in [1.165, 1.54) is 16.7 Å². The summed E-state index contributed by atoms with van der Waals surface area (Å²) < 4.78 is 0. The smallest absolute Gasteiger partial charge is 0.120 e. The summed E-state index contributed by atoms with van der Waals surface area (Å²) in [4.78, 5) is 7.29. The molecule has 0 aliphatic heterocycles. The Morgan fingerprint density at radius 3 is 2.82 bits per heavy atom. The average molecular weight is 229 g/mol. The standard InChI is InChI=1S/C14H19N3/c1-10-4-5-13(11(2)8-10)12(3)17-9-14-15-6-7-16-14/h4-8,12,17H,9H2,1-3H3,(H,15,16). The zero-order valence-corrected chi connectivity index (χ0v) is 10.6. The van der Waals surface area contributed by atoms with Crippen LogP contribution in [0.3, 0.4) is 0 Å². The van der Waals surface area contributed by atoms with Crippen LogP contribution in [0.25, 0.3) is 0 Å². The minimum absolute atomic E-state index is 0.334. The van der Waals surface area contributed by atoms with Gasteiger partial charge < -0.3 is 10.3 Å². The molecule has 3 nitrogen and oxygen atoms in total. The third-order valence-electron chi connectivity index (χ3n) is 3.02. The highest BCUT2D eigenvalue weighted by Gasteiger charge is 2.08. The maximum atomic E-state index is 4.20. The summed E-state index contributed by atoms with van der Waals surface area (Å²) in [6.45, 7) is 7.23. The number of benzene rings is 1. The van der Waals surface area contributed by atoms with E-state index in [4.69, 9.17) is 0 Å². The molecule has 17 heavy (non-hydrogen) atoms. The van der Waals surface area contributed by atoms with E-state index in [0.717, 1.165) is 12.4 Å². The Labute approximate surface area is 102 Å². The Bertz CT molecular complexity index is 474. The normalized spacial score (nSPS) is 12.6. The Hall–Kier alpha value is -1.61. The largest absolute Gasteiger partial charge is 0.348 e. The number of H-pyrrole nitrogens is 1. The molecule has 0 saturated heterocycles. The van der Waals surface area contributed by atoms with Gasteiger partial charge in [-0.25, -0.2) is 4.98 Å². The summed E-state index contributed by atoms with van der Waals surface area (Å²) in [5.74, 6) is 0.974. The van der Waals surface area contributed by atoms with Crippen LogP contribution in [0.5, 0.6) is 0 Å². The molecular formula is C14H19N3. The van der Waals surface area contributed by atoms with E-state index < -0.39 is 0 Å². The maximum absolute atomic E-state index is 4.20. The van der Waals surface area contributed by atoms with Crippen molar-refractivity contribution in [3.8, 4) is 0 Å². The third kappa shape index (κ3) is 2.94. The number of aromatic amines is 1. The number of aromatic nitrogens is 2. The van der Waals surface area contributed by atoms with E-state index in [2.05, 4.69) is 54.3 Å². The van der Waals surface area contributed by atoms with Crippen molar-refractivity contribution < 1.29 is 0 Å². The molecular weight excluding hydrogens is 210 g/mol. The molecule has 2 rings (SSSR count). The van der Waals surface area contributed by atoms with Crippen LogP contribution in [0.15, 0.2) is 30.6 Å². The van der Waals surface area contributed by atoms with Gasteiger partial charge in [-0.15, -0.1) is 0 Å². The number of nitrogens with zero attached hydrogens (tertiary/aromatic N) is 1. The molecule has 0 bridgehead atoms. The second-order valence-corrected chi connectivity index (χ2v) is 4.50. The fourth-order valence-electron chi connectivity index (χ4n) is 2.07. The molecule has 0 fully saturated rings. The van der Waals surface area contributed by atoms with Crippen molar-refractivity contribution in [3.63, 3.8) is 0 Å². The molecule has 0 saturated carbocycles. The van der Waals surface area contributed by atoms with Gasteiger partial charge in [-0.1, -0.05) is 23.8 Å². The fourth-order valence-corrected chi connectivity index (χ4v) is 2.07. The summed E-state index contributed by atoms with van der Waals surface area (Å²) in [7, 11) is 0. The monoisotopic (exact) mass is 229 g/mol. The predicted molar refractivity (Wildman–Crippen MR) is 69.8 cm³/mol. The average Bonchev–Trinajstić information content (AvgIpc) is 2.78. The van der Waals surface area contributed by atoms with Gasteiger partial charge in [0.25, 0.3) is 0 Å². The van der Waals surface area contributed by atoms with Crippen molar-refractivity contribution in [2.45, 2.75) is 33.4 Å². The lowest BCUT2D eigenvalue weighted by molar-refractivity contribution is 0.559. The molecule has 0 aliphatic carbocycles. The number of rotatable bonds is 4. The van der Waals surface area contributed by atoms with Crippen molar-refractivity contribution in [3.05, 3.63) is 53.1 Å². The lowest BCUT2D eigenvalue weighted by Gasteiger charge is -2.16. The Morgan fingerprint density at radius 1 is 1.35 bits per heavy atom. The minimum Gasteiger partial charge on any atom is -0.348 e. The minimum atomic E-state index is 0.334. The van der Waals surface area contributed by atoms with Gasteiger partial charge in [-0.3, -0.25) is 0 Å². The molecule has 1 heterocycles. The van der Waals surface area contributed by atoms with E-state index in [-0.39, 0.29) is 0 Å². The van der Waals surface area contributed by atoms with E-state index in [9.17, 15) is 0 Å². The second-order valence-electron chi connectivity index (χ2n) is 4.50. The van der Waals surface area contributed by atoms with Gasteiger partial charge in [0, 0.05) is 18.4 Å². The molecule has 2 N–H and O–H groups in total. The van der Waals surface area contributed by atoms with Crippen molar-refractivity contribution in [1.82, 2.24) is 15.3 Å². The molecule has 2 aromatic rings. The van der Waals surface area contributed by atoms with Gasteiger partial charge in [-0.05, 0) is 31.9 Å². The molecule has 90 valence electrons. The van der Waals surface area contributed by atoms with Crippen LogP contribution in [0.2, 0.25) is 0 Å². The first-order valence-electron chi connectivity index (χ1n) is 5.95. The lowest BCUT2D eigenvalue weighted by Crippen LogP contribution is -2.19. The van der Waals surface area contributed by atoms with Crippen LogP contribution in [0.1, 0.15) is 35.5 Å². The van der Waals surface area contributed by atoms with Crippen molar-refractivity contribution >= 4 is 0 Å². The van der Waals surface area contributed by atoms with E-state index in [1.807, 2.05) is 6.20 Å². The molecule has 0 spiro atoms. The van der Waals surface area contributed by atoms with E-state index in [0.29, 0.717) is 6.04 Å². The van der Waals surface area contributed by atoms with Crippen LogP contribution in [-0.2, 0) is 6.54 Å². The third-order valence-corrected chi connectivity index (χ3v) is 3.02. The van der Waals surface area contributed by atoms with Crippen LogP contribution >= 0.6 is 0 Å². The Kier molecular flexibility index (Phi) is 3.59. The first kappa shape index (κ1) is 11.9. The Balaban J connectivity index is 2.01. The summed E-state index contributed by atoms with van der Waals surface area (Å²) in [6.07, 6.45) is 3.62. The molecule has 0 radical (unpaired) electrons. The summed E-state index contributed by atoms with van der Waals surface area (Å²) in [5, 5.41) is 3.47. The lowest BCUT2D eigenvalue weighted by atomic mass is 10.0. The van der Waals surface area contributed by atoms with Crippen LogP contribution in [0, 0.1) is 13.8 Å². The van der Waals surface area contributed by atoms with Gasteiger partial charge in [0.2, 0.25) is 0 Å². The Morgan fingerprint density at radius 2 is 2.18 bits per heavy atom. The molecule has 1 unspecified atom stereocenters. The topological polar surface area (TPSA) is 40.7 Å². The highest BCUT2D eigenvalue weighted by Crippen LogP contribution is 2.18. The highest BCUT2D eigenvalue weighted by molar-refractivity contribution is 5.32. The second kappa shape index (κ2) is 5.15. The molecule has 3 heteroatoms. The highest BCUT2D eigenvalue weighted by atomic mass is 15.0. The maximum Gasteiger partial charge on any atom is 0.120 e. The number of hydrogen-bond donors (Lipinski definition) is 2. The molecule has 0 aliphatic rings. The number of aryl methyl sites for hydroxylation is 2. The first-order valence-corrected chi connectivity index (χ1v) is 5.95. The van der Waals surface area contributed by atoms with E-state index in [1.54, 1.807) is 6.20 Å². The summed E-state index contributed by atoms with van der Waals surface area (Å²) in [5.41, 5.74) is 4.00. The van der Waals surface area contributed by atoms with E-state index >= 15 is 0 Å². The number of nitrogens with one attached hydrogen (secondary N) is 2. The summed E-state index contributed by atoms with van der Waals surface area (Å²) in [6, 6.07) is 6.92. The van der Waals surface area contributed by atoms with Crippen LogP contribution < -0.4 is 5.32 Å². The molecule has 1 aromatic carbocycles. The molecule has 0 amide bonds. The van der Waals surface area contributed by atoms with Crippen LogP contribution in [0.4, 0.5) is 0 Å². The van der Waals surface area contributed by atoms with Crippen molar-refractivity contribution in [2.24, 2.45) is 0 Å². The van der Waals surface area contributed by atoms with Gasteiger partial charge >= 0.3 is 0 Å².